The van der Waals surface area contributed by atoms with Gasteiger partial charge in [-0.2, -0.15) is 0 Å². The predicted molar refractivity (Wildman–Crippen MR) is 136 cm³/mol. The number of hydrogen-bond donors (Lipinski definition) is 4. The first-order valence-electron chi connectivity index (χ1n) is 12.5. The number of aliphatic hydroxyl groups is 1. The molecule has 186 valence electrons. The van der Waals surface area contributed by atoms with E-state index in [0.29, 0.717) is 18.3 Å². The van der Waals surface area contributed by atoms with Crippen molar-refractivity contribution in [1.82, 2.24) is 10.3 Å². The van der Waals surface area contributed by atoms with Crippen LogP contribution in [0, 0.1) is 0 Å². The highest BCUT2D eigenvalue weighted by atomic mass is 16.5. The molecule has 3 rings (SSSR count). The normalized spacial score (nSPS) is 12.2. The topological polar surface area (TPSA) is 90.7 Å². The summed E-state index contributed by atoms with van der Waals surface area (Å²) in [4.78, 5) is 3.35. The Labute approximate surface area is 203 Å². The third-order valence-corrected chi connectivity index (χ3v) is 6.35. The van der Waals surface area contributed by atoms with Gasteiger partial charge in [0.1, 0.15) is 11.5 Å². The Morgan fingerprint density at radius 1 is 1.12 bits per heavy atom. The van der Waals surface area contributed by atoms with Crippen LogP contribution in [0.3, 0.4) is 0 Å². The van der Waals surface area contributed by atoms with Crippen LogP contribution in [0.1, 0.15) is 72.9 Å². The Kier molecular flexibility index (Phi) is 10.1. The molecule has 6 nitrogen and oxygen atoms in total. The van der Waals surface area contributed by atoms with Crippen LogP contribution >= 0.6 is 0 Å². The summed E-state index contributed by atoms with van der Waals surface area (Å²) in [6.45, 7) is 5.89. The van der Waals surface area contributed by atoms with E-state index in [1.807, 2.05) is 25.2 Å². The van der Waals surface area contributed by atoms with Crippen molar-refractivity contribution in [1.29, 1.82) is 0 Å². The third-order valence-electron chi connectivity index (χ3n) is 6.35. The fourth-order valence-corrected chi connectivity index (χ4v) is 4.12. The number of phenolic OH excluding ortho intramolecular Hbond substituents is 1. The maximum atomic E-state index is 10.2. The number of rotatable bonds is 15. The summed E-state index contributed by atoms with van der Waals surface area (Å²) >= 11 is 0. The summed E-state index contributed by atoms with van der Waals surface area (Å²) in [5.74, 6) is 2.95. The zero-order chi connectivity index (χ0) is 24.3. The van der Waals surface area contributed by atoms with Gasteiger partial charge >= 0.3 is 0 Å². The third kappa shape index (κ3) is 7.40. The molecule has 3 aromatic rings. The average molecular weight is 469 g/mol. The molecule has 1 aromatic carbocycles. The van der Waals surface area contributed by atoms with Crippen LogP contribution in [0.5, 0.6) is 11.5 Å². The van der Waals surface area contributed by atoms with Crippen LogP contribution in [0.25, 0.3) is 0 Å². The molecule has 0 saturated carbocycles. The first kappa shape index (κ1) is 25.9. The first-order valence-corrected chi connectivity index (χ1v) is 12.5. The number of benzene rings is 1. The Morgan fingerprint density at radius 2 is 1.97 bits per heavy atom. The van der Waals surface area contributed by atoms with E-state index in [-0.39, 0.29) is 12.4 Å². The molecule has 2 aromatic heterocycles. The molecule has 0 radical (unpaired) electrons. The van der Waals surface area contributed by atoms with Gasteiger partial charge in [-0.25, -0.2) is 0 Å². The lowest BCUT2D eigenvalue weighted by Gasteiger charge is -2.10. The molecule has 6 heteroatoms. The summed E-state index contributed by atoms with van der Waals surface area (Å²) < 4.78 is 11.9. The summed E-state index contributed by atoms with van der Waals surface area (Å²) in [6, 6.07) is 9.68. The maximum Gasteiger partial charge on any atom is 0.161 e. The molecule has 0 fully saturated rings. The van der Waals surface area contributed by atoms with Gasteiger partial charge in [0.15, 0.2) is 11.5 Å². The van der Waals surface area contributed by atoms with Gasteiger partial charge in [0, 0.05) is 36.7 Å². The molecule has 1 atom stereocenters. The van der Waals surface area contributed by atoms with E-state index in [0.717, 1.165) is 79.8 Å². The quantitative estimate of drug-likeness (QED) is 0.244. The van der Waals surface area contributed by atoms with Gasteiger partial charge in [0.05, 0.1) is 13.2 Å². The minimum Gasteiger partial charge on any atom is -0.504 e. The molecule has 4 N–H and O–H groups in total. The molecule has 1 unspecified atom stereocenters. The highest BCUT2D eigenvalue weighted by Crippen LogP contribution is 2.28. The van der Waals surface area contributed by atoms with E-state index in [9.17, 15) is 10.2 Å². The molecule has 0 amide bonds. The molecule has 0 aliphatic rings. The molecule has 0 aliphatic heterocycles. The van der Waals surface area contributed by atoms with Crippen molar-refractivity contribution in [2.45, 2.75) is 71.3 Å². The summed E-state index contributed by atoms with van der Waals surface area (Å²) in [6.07, 6.45) is 8.45. The van der Waals surface area contributed by atoms with E-state index in [2.05, 4.69) is 36.4 Å². The van der Waals surface area contributed by atoms with Gasteiger partial charge in [-0.05, 0) is 74.2 Å². The number of nitrogens with one attached hydrogen (secondary N) is 2. The molecule has 34 heavy (non-hydrogen) atoms. The maximum absolute atomic E-state index is 10.2. The number of hydrogen-bond acceptors (Lipinski definition) is 5. The Bertz CT molecular complexity index is 1010. The van der Waals surface area contributed by atoms with Crippen molar-refractivity contribution in [2.24, 2.45) is 0 Å². The van der Waals surface area contributed by atoms with Crippen LogP contribution in [0.15, 0.2) is 40.9 Å². The lowest BCUT2D eigenvalue weighted by atomic mass is 10.0. The number of ether oxygens (including phenoxy) is 1. The number of furan rings is 1. The van der Waals surface area contributed by atoms with Crippen molar-refractivity contribution in [3.63, 3.8) is 0 Å². The number of aromatic hydroxyl groups is 1. The number of aromatic nitrogens is 1. The van der Waals surface area contributed by atoms with E-state index >= 15 is 0 Å². The average Bonchev–Trinajstić information content (AvgIpc) is 3.48. The van der Waals surface area contributed by atoms with E-state index in [1.165, 1.54) is 5.56 Å². The zero-order valence-electron chi connectivity index (χ0n) is 20.8. The Hall–Kier alpha value is -2.70. The number of H-pyrrole nitrogens is 1. The minimum absolute atomic E-state index is 0.0108. The van der Waals surface area contributed by atoms with Crippen LogP contribution in [-0.2, 0) is 32.3 Å². The number of aromatic amines is 1. The molecule has 0 spiro atoms. The highest BCUT2D eigenvalue weighted by molar-refractivity contribution is 5.42. The largest absolute Gasteiger partial charge is 0.504 e. The van der Waals surface area contributed by atoms with Crippen molar-refractivity contribution in [2.75, 3.05) is 20.2 Å². The Balaban J connectivity index is 1.52. The molecular formula is C28H40N2O4. The van der Waals surface area contributed by atoms with E-state index < -0.39 is 0 Å². The highest BCUT2D eigenvalue weighted by Gasteiger charge is 2.12. The van der Waals surface area contributed by atoms with Gasteiger partial charge in [0.25, 0.3) is 0 Å². The first-order chi connectivity index (χ1) is 16.5. The Morgan fingerprint density at radius 3 is 2.74 bits per heavy atom. The standard InChI is InChI=1S/C28H40N2O4/c1-4-5-6-27-23(19-31)17-25(34-27)9-7-21-8-10-26(32)28(15-21)33-14-12-24-16-22(18-30-24)20(2)11-13-29-3/h8,10,15-18,20,29-32H,4-7,9,11-14,19H2,1-3H3. The second kappa shape index (κ2) is 13.3. The van der Waals surface area contributed by atoms with Crippen molar-refractivity contribution < 1.29 is 19.4 Å². The predicted octanol–water partition coefficient (Wildman–Crippen LogP) is 5.27. The van der Waals surface area contributed by atoms with Gasteiger partial charge in [0.2, 0.25) is 0 Å². The number of aliphatic hydroxyl groups excluding tert-OH is 1. The monoisotopic (exact) mass is 468 g/mol. The smallest absolute Gasteiger partial charge is 0.161 e. The summed E-state index contributed by atoms with van der Waals surface area (Å²) in [5, 5.41) is 23.0. The number of aryl methyl sites for hydroxylation is 3. The number of phenols is 1. The van der Waals surface area contributed by atoms with Gasteiger partial charge in [-0.3, -0.25) is 0 Å². The fourth-order valence-electron chi connectivity index (χ4n) is 4.12. The zero-order valence-corrected chi connectivity index (χ0v) is 20.8. The van der Waals surface area contributed by atoms with Gasteiger partial charge < -0.3 is 29.7 Å². The SMILES string of the molecule is CCCCc1oc(CCc2ccc(O)c(OCCc3cc(C(C)CCNC)c[nH]3)c2)cc1CO. The van der Waals surface area contributed by atoms with E-state index in [1.54, 1.807) is 6.07 Å². The minimum atomic E-state index is 0.0108. The van der Waals surface area contributed by atoms with Crippen molar-refractivity contribution in [3.05, 3.63) is 70.4 Å². The molecule has 2 heterocycles. The lowest BCUT2D eigenvalue weighted by molar-refractivity contribution is 0.277. The van der Waals surface area contributed by atoms with Gasteiger partial charge in [-0.1, -0.05) is 26.3 Å². The second-order valence-electron chi connectivity index (χ2n) is 9.07. The van der Waals surface area contributed by atoms with Crippen LogP contribution in [0.2, 0.25) is 0 Å². The fraction of sp³-hybridized carbons (Fsp3) is 0.500. The second-order valence-corrected chi connectivity index (χ2v) is 9.07. The van der Waals surface area contributed by atoms with Gasteiger partial charge in [-0.15, -0.1) is 0 Å². The molecule has 0 saturated heterocycles. The molecule has 0 bridgehead atoms. The van der Waals surface area contributed by atoms with Crippen LogP contribution in [-0.4, -0.2) is 35.4 Å². The van der Waals surface area contributed by atoms with Crippen molar-refractivity contribution in [3.8, 4) is 11.5 Å². The van der Waals surface area contributed by atoms with Crippen LogP contribution < -0.4 is 10.1 Å². The summed E-state index contributed by atoms with van der Waals surface area (Å²) in [7, 11) is 1.98. The van der Waals surface area contributed by atoms with Crippen LogP contribution in [0.4, 0.5) is 0 Å². The molecular weight excluding hydrogens is 428 g/mol. The van der Waals surface area contributed by atoms with E-state index in [4.69, 9.17) is 9.15 Å². The molecule has 0 aliphatic carbocycles. The van der Waals surface area contributed by atoms with Crippen molar-refractivity contribution >= 4 is 0 Å². The number of unbranched alkanes of at least 4 members (excludes halogenated alkanes) is 1. The summed E-state index contributed by atoms with van der Waals surface area (Å²) in [5.41, 5.74) is 4.42. The lowest BCUT2D eigenvalue weighted by Crippen LogP contribution is -2.10.